The van der Waals surface area contributed by atoms with Crippen molar-refractivity contribution in [3.8, 4) is 0 Å². The van der Waals surface area contributed by atoms with Gasteiger partial charge in [-0.05, 0) is 60.5 Å². The number of carbonyl (C=O) groups excluding carboxylic acids is 2. The molecule has 2 saturated carbocycles. The van der Waals surface area contributed by atoms with Crippen LogP contribution in [0.4, 0.5) is 5.69 Å². The molecule has 1 aliphatic heterocycles. The van der Waals surface area contributed by atoms with Crippen molar-refractivity contribution in [2.24, 2.45) is 40.9 Å². The van der Waals surface area contributed by atoms with Crippen LogP contribution >= 0.6 is 0 Å². The van der Waals surface area contributed by atoms with E-state index in [0.717, 1.165) is 18.0 Å². The van der Waals surface area contributed by atoms with Gasteiger partial charge in [-0.25, -0.2) is 0 Å². The van der Waals surface area contributed by atoms with Gasteiger partial charge in [0.1, 0.15) is 0 Å². The number of para-hydroxylation sites is 1. The molecule has 4 bridgehead atoms. The molecule has 6 atom stereocenters. The molecule has 7 rings (SSSR count). The number of hydrogen-bond acceptors (Lipinski definition) is 2. The molecule has 1 aromatic rings. The van der Waals surface area contributed by atoms with E-state index in [1.165, 1.54) is 17.7 Å². The van der Waals surface area contributed by atoms with Crippen LogP contribution in [-0.4, -0.2) is 11.8 Å². The molecular weight excluding hydrogens is 310 g/mol. The first-order valence-corrected chi connectivity index (χ1v) is 9.66. The summed E-state index contributed by atoms with van der Waals surface area (Å²) in [4.78, 5) is 27.9. The summed E-state index contributed by atoms with van der Waals surface area (Å²) >= 11 is 0. The first-order valence-electron chi connectivity index (χ1n) is 9.66. The molecule has 3 heteroatoms. The molecule has 25 heavy (non-hydrogen) atoms. The Hall–Kier alpha value is -1.90. The topological polar surface area (TPSA) is 37.4 Å². The predicted molar refractivity (Wildman–Crippen MR) is 94.5 cm³/mol. The summed E-state index contributed by atoms with van der Waals surface area (Å²) in [6.45, 7) is 4.80. The SMILES string of the molecule is CC1(C)[C@H]2CC3=C([C@H]4C[C@H]3[C@H]3C(=O)N(c5ccccc5)C(=O)[C@H]34)[C@H]1C2. The Morgan fingerprint density at radius 3 is 2.32 bits per heavy atom. The molecule has 128 valence electrons. The molecule has 5 aliphatic carbocycles. The van der Waals surface area contributed by atoms with E-state index in [9.17, 15) is 9.59 Å². The highest BCUT2D eigenvalue weighted by Crippen LogP contribution is 2.71. The number of nitrogens with zero attached hydrogens (tertiary/aromatic N) is 1. The van der Waals surface area contributed by atoms with Gasteiger partial charge in [-0.15, -0.1) is 0 Å². The lowest BCUT2D eigenvalue weighted by molar-refractivity contribution is -0.123. The Morgan fingerprint density at radius 2 is 1.64 bits per heavy atom. The fourth-order valence-corrected chi connectivity index (χ4v) is 7.00. The second-order valence-corrected chi connectivity index (χ2v) is 9.34. The van der Waals surface area contributed by atoms with E-state index in [1.54, 1.807) is 11.1 Å². The summed E-state index contributed by atoms with van der Waals surface area (Å²) in [5.74, 6) is 2.05. The maximum atomic E-state index is 13.2. The van der Waals surface area contributed by atoms with Gasteiger partial charge in [0, 0.05) is 0 Å². The predicted octanol–water partition coefficient (Wildman–Crippen LogP) is 3.80. The van der Waals surface area contributed by atoms with Crippen LogP contribution in [-0.2, 0) is 9.59 Å². The van der Waals surface area contributed by atoms with Crippen molar-refractivity contribution in [2.45, 2.75) is 33.1 Å². The Balaban J connectivity index is 1.42. The van der Waals surface area contributed by atoms with Gasteiger partial charge >= 0.3 is 0 Å². The van der Waals surface area contributed by atoms with Crippen LogP contribution in [0.2, 0.25) is 0 Å². The van der Waals surface area contributed by atoms with E-state index in [-0.39, 0.29) is 23.7 Å². The standard InChI is InChI=1S/C22H23NO2/c1-22(2)11-8-13-14-10-15(17(13)16(22)9-11)19-18(14)20(24)23(21(19)25)12-6-4-3-5-7-12/h3-7,11,14-16,18-19H,8-10H2,1-2H3/t11-,14+,15+,16+,18+,19-/m0/s1. The third kappa shape index (κ3) is 1.46. The summed E-state index contributed by atoms with van der Waals surface area (Å²) in [7, 11) is 0. The average molecular weight is 333 g/mol. The summed E-state index contributed by atoms with van der Waals surface area (Å²) in [5.41, 5.74) is 4.33. The molecule has 0 aromatic heterocycles. The number of benzene rings is 1. The Morgan fingerprint density at radius 1 is 0.960 bits per heavy atom. The molecule has 1 aromatic carbocycles. The highest BCUT2D eigenvalue weighted by Gasteiger charge is 2.68. The molecule has 0 N–H and O–H groups in total. The lowest BCUT2D eigenvalue weighted by atomic mass is 9.45. The zero-order valence-corrected chi connectivity index (χ0v) is 14.7. The molecule has 0 unspecified atom stereocenters. The Kier molecular flexibility index (Phi) is 2.43. The summed E-state index contributed by atoms with van der Waals surface area (Å²) in [5, 5.41) is 0. The van der Waals surface area contributed by atoms with Crippen molar-refractivity contribution >= 4 is 17.5 Å². The minimum absolute atomic E-state index is 0.0544. The van der Waals surface area contributed by atoms with Crippen LogP contribution in [0.25, 0.3) is 0 Å². The third-order valence-electron chi connectivity index (χ3n) is 8.32. The van der Waals surface area contributed by atoms with Gasteiger partial charge in [0.2, 0.25) is 11.8 Å². The fourth-order valence-electron chi connectivity index (χ4n) is 7.00. The first-order chi connectivity index (χ1) is 12.0. The number of imide groups is 1. The molecule has 6 aliphatic rings. The van der Waals surface area contributed by atoms with Gasteiger partial charge < -0.3 is 0 Å². The van der Waals surface area contributed by atoms with E-state index >= 15 is 0 Å². The van der Waals surface area contributed by atoms with Crippen molar-refractivity contribution < 1.29 is 9.59 Å². The summed E-state index contributed by atoms with van der Waals surface area (Å²) in [6.07, 6.45) is 3.53. The van der Waals surface area contributed by atoms with E-state index in [1.807, 2.05) is 30.3 Å². The first kappa shape index (κ1) is 14.3. The number of allylic oxidation sites excluding steroid dienone is 2. The molecule has 3 fully saturated rings. The smallest absolute Gasteiger partial charge is 0.238 e. The van der Waals surface area contributed by atoms with Crippen molar-refractivity contribution in [3.05, 3.63) is 41.5 Å². The van der Waals surface area contributed by atoms with Gasteiger partial charge in [0.05, 0.1) is 17.5 Å². The minimum Gasteiger partial charge on any atom is -0.274 e. The number of hydrogen-bond donors (Lipinski definition) is 0. The van der Waals surface area contributed by atoms with Crippen molar-refractivity contribution in [1.82, 2.24) is 0 Å². The minimum atomic E-state index is -0.0931. The van der Waals surface area contributed by atoms with E-state index in [4.69, 9.17) is 0 Å². The molecule has 1 saturated heterocycles. The Labute approximate surface area is 148 Å². The maximum absolute atomic E-state index is 13.2. The Bertz CT molecular complexity index is 852. The number of fused-ring (bicyclic) bond motifs is 5. The van der Waals surface area contributed by atoms with Gasteiger partial charge in [0.15, 0.2) is 0 Å². The van der Waals surface area contributed by atoms with Crippen LogP contribution in [0.15, 0.2) is 41.5 Å². The summed E-state index contributed by atoms with van der Waals surface area (Å²) < 4.78 is 0. The van der Waals surface area contributed by atoms with Crippen LogP contribution < -0.4 is 4.90 Å². The highest BCUT2D eigenvalue weighted by molar-refractivity contribution is 6.23. The quantitative estimate of drug-likeness (QED) is 0.579. The van der Waals surface area contributed by atoms with Gasteiger partial charge in [-0.1, -0.05) is 43.2 Å². The second kappa shape index (κ2) is 4.25. The molecule has 3 nitrogen and oxygen atoms in total. The van der Waals surface area contributed by atoms with Crippen LogP contribution in [0.3, 0.4) is 0 Å². The second-order valence-electron chi connectivity index (χ2n) is 9.34. The number of amides is 2. The van der Waals surface area contributed by atoms with E-state index < -0.39 is 0 Å². The van der Waals surface area contributed by atoms with Crippen molar-refractivity contribution in [3.63, 3.8) is 0 Å². The normalized spacial score (nSPS) is 42.6. The molecular formula is C22H23NO2. The number of anilines is 1. The van der Waals surface area contributed by atoms with Gasteiger partial charge in [-0.3, -0.25) is 14.5 Å². The number of rotatable bonds is 1. The van der Waals surface area contributed by atoms with Gasteiger partial charge in [-0.2, -0.15) is 0 Å². The lowest BCUT2D eigenvalue weighted by Crippen LogP contribution is -2.51. The summed E-state index contributed by atoms with van der Waals surface area (Å²) in [6, 6.07) is 9.49. The van der Waals surface area contributed by atoms with E-state index in [2.05, 4.69) is 13.8 Å². The monoisotopic (exact) mass is 333 g/mol. The zero-order chi connectivity index (χ0) is 17.1. The maximum Gasteiger partial charge on any atom is 0.238 e. The van der Waals surface area contributed by atoms with Crippen molar-refractivity contribution in [2.75, 3.05) is 4.90 Å². The van der Waals surface area contributed by atoms with Crippen molar-refractivity contribution in [1.29, 1.82) is 0 Å². The largest absolute Gasteiger partial charge is 0.274 e. The average Bonchev–Trinajstić information content (AvgIpc) is 3.26. The molecule has 0 spiro atoms. The van der Waals surface area contributed by atoms with Crippen LogP contribution in [0.1, 0.15) is 33.1 Å². The lowest BCUT2D eigenvalue weighted by Gasteiger charge is -2.59. The molecule has 2 amide bonds. The highest BCUT2D eigenvalue weighted by atomic mass is 16.2. The number of carbonyl (C=O) groups is 2. The third-order valence-corrected chi connectivity index (χ3v) is 8.32. The molecule has 1 heterocycles. The van der Waals surface area contributed by atoms with Gasteiger partial charge in [0.25, 0.3) is 0 Å². The molecule has 0 radical (unpaired) electrons. The van der Waals surface area contributed by atoms with Crippen LogP contribution in [0.5, 0.6) is 0 Å². The zero-order valence-electron chi connectivity index (χ0n) is 14.7. The van der Waals surface area contributed by atoms with Crippen LogP contribution in [0, 0.1) is 40.9 Å². The van der Waals surface area contributed by atoms with E-state index in [0.29, 0.717) is 23.2 Å². The fraction of sp³-hybridized carbons (Fsp3) is 0.545.